The second kappa shape index (κ2) is 7.61. The summed E-state index contributed by atoms with van der Waals surface area (Å²) in [5.74, 6) is -0.0565. The second-order valence-corrected chi connectivity index (χ2v) is 7.01. The van der Waals surface area contributed by atoms with E-state index in [-0.39, 0.29) is 17.2 Å². The lowest BCUT2D eigenvalue weighted by atomic mass is 10.2. The third-order valence-electron chi connectivity index (χ3n) is 4.08. The van der Waals surface area contributed by atoms with Gasteiger partial charge in [-0.05, 0) is 43.3 Å². The summed E-state index contributed by atoms with van der Waals surface area (Å²) in [5.41, 5.74) is 1.47. The zero-order chi connectivity index (χ0) is 20.4. The van der Waals surface area contributed by atoms with Crippen LogP contribution in [-0.4, -0.2) is 25.7 Å². The van der Waals surface area contributed by atoms with Crippen molar-refractivity contribution >= 4 is 23.1 Å². The number of halogens is 1. The van der Waals surface area contributed by atoms with Crippen molar-refractivity contribution in [3.63, 3.8) is 0 Å². The molecule has 9 heteroatoms. The number of thiazole rings is 1. The number of anilines is 1. The molecule has 1 aromatic carbocycles. The summed E-state index contributed by atoms with van der Waals surface area (Å²) in [4.78, 5) is 21.9. The second-order valence-electron chi connectivity index (χ2n) is 6.01. The molecule has 0 aliphatic heterocycles. The maximum atomic E-state index is 13.2. The Hall–Kier alpha value is -3.90. The van der Waals surface area contributed by atoms with Gasteiger partial charge in [0.2, 0.25) is 0 Å². The number of amides is 1. The summed E-state index contributed by atoms with van der Waals surface area (Å²) in [6, 6.07) is 13.2. The van der Waals surface area contributed by atoms with Crippen LogP contribution in [0.15, 0.2) is 54.9 Å². The van der Waals surface area contributed by atoms with E-state index in [2.05, 4.69) is 20.4 Å². The first-order valence-corrected chi connectivity index (χ1v) is 9.32. The highest BCUT2D eigenvalue weighted by atomic mass is 32.1. The highest BCUT2D eigenvalue weighted by Gasteiger charge is 2.21. The monoisotopic (exact) mass is 404 g/mol. The Morgan fingerprint density at radius 3 is 2.72 bits per heavy atom. The van der Waals surface area contributed by atoms with Crippen molar-refractivity contribution < 1.29 is 9.18 Å². The van der Waals surface area contributed by atoms with Crippen molar-refractivity contribution in [1.29, 1.82) is 5.26 Å². The van der Waals surface area contributed by atoms with Gasteiger partial charge in [0.25, 0.3) is 5.91 Å². The van der Waals surface area contributed by atoms with E-state index in [1.165, 1.54) is 34.3 Å². The number of nitriles is 1. The SMILES string of the molecule is Cc1nc(-c2ccc(F)cc2)sc1C(=O)Nc1c(C#N)cnn1-c1ccccn1. The van der Waals surface area contributed by atoms with Gasteiger partial charge in [0.15, 0.2) is 11.6 Å². The normalized spacial score (nSPS) is 10.5. The van der Waals surface area contributed by atoms with Crippen molar-refractivity contribution in [1.82, 2.24) is 19.7 Å². The smallest absolute Gasteiger partial charge is 0.268 e. The molecule has 4 rings (SSSR count). The first kappa shape index (κ1) is 18.5. The van der Waals surface area contributed by atoms with E-state index in [0.29, 0.717) is 21.4 Å². The lowest BCUT2D eigenvalue weighted by molar-refractivity contribution is 0.102. The van der Waals surface area contributed by atoms with Crippen LogP contribution in [0.1, 0.15) is 20.9 Å². The van der Waals surface area contributed by atoms with Gasteiger partial charge < -0.3 is 5.32 Å². The summed E-state index contributed by atoms with van der Waals surface area (Å²) in [7, 11) is 0. The Bertz CT molecular complexity index is 1220. The summed E-state index contributed by atoms with van der Waals surface area (Å²) in [6.07, 6.45) is 2.96. The minimum absolute atomic E-state index is 0.213. The van der Waals surface area contributed by atoms with Crippen molar-refractivity contribution in [3.8, 4) is 22.5 Å². The van der Waals surface area contributed by atoms with Crippen LogP contribution in [0.4, 0.5) is 10.2 Å². The Morgan fingerprint density at radius 1 is 1.24 bits per heavy atom. The lowest BCUT2D eigenvalue weighted by Gasteiger charge is -2.08. The number of hydrogen-bond acceptors (Lipinski definition) is 6. The molecule has 7 nitrogen and oxygen atoms in total. The van der Waals surface area contributed by atoms with Gasteiger partial charge in [-0.1, -0.05) is 6.07 Å². The number of carbonyl (C=O) groups is 1. The maximum absolute atomic E-state index is 13.2. The van der Waals surface area contributed by atoms with Crippen molar-refractivity contribution in [3.05, 3.63) is 76.8 Å². The van der Waals surface area contributed by atoms with Crippen LogP contribution >= 0.6 is 11.3 Å². The molecule has 0 radical (unpaired) electrons. The van der Waals surface area contributed by atoms with Crippen molar-refractivity contribution in [2.75, 3.05) is 5.32 Å². The Morgan fingerprint density at radius 2 is 2.03 bits per heavy atom. The molecule has 0 unspecified atom stereocenters. The van der Waals surface area contributed by atoms with Gasteiger partial charge >= 0.3 is 0 Å². The molecule has 0 spiro atoms. The highest BCUT2D eigenvalue weighted by Crippen LogP contribution is 2.29. The van der Waals surface area contributed by atoms with Gasteiger partial charge in [-0.25, -0.2) is 14.4 Å². The van der Waals surface area contributed by atoms with Gasteiger partial charge in [-0.2, -0.15) is 15.0 Å². The first-order valence-electron chi connectivity index (χ1n) is 8.51. The van der Waals surface area contributed by atoms with E-state index in [1.54, 1.807) is 43.5 Å². The van der Waals surface area contributed by atoms with Gasteiger partial charge in [0.05, 0.1) is 11.9 Å². The van der Waals surface area contributed by atoms with Crippen LogP contribution in [0.3, 0.4) is 0 Å². The number of hydrogen-bond donors (Lipinski definition) is 1. The molecular formula is C20H13FN6OS. The predicted molar refractivity (Wildman–Crippen MR) is 106 cm³/mol. The molecule has 1 N–H and O–H groups in total. The maximum Gasteiger partial charge on any atom is 0.268 e. The fraction of sp³-hybridized carbons (Fsp3) is 0.0500. The number of aromatic nitrogens is 4. The fourth-order valence-electron chi connectivity index (χ4n) is 2.69. The lowest BCUT2D eigenvalue weighted by Crippen LogP contribution is -2.16. The largest absolute Gasteiger partial charge is 0.305 e. The average Bonchev–Trinajstić information content (AvgIpc) is 3.32. The molecule has 1 amide bonds. The molecule has 4 aromatic rings. The van der Waals surface area contributed by atoms with E-state index in [1.807, 2.05) is 6.07 Å². The average molecular weight is 404 g/mol. The van der Waals surface area contributed by atoms with Crippen LogP contribution in [-0.2, 0) is 0 Å². The topological polar surface area (TPSA) is 96.5 Å². The van der Waals surface area contributed by atoms with Gasteiger partial charge in [-0.3, -0.25) is 4.79 Å². The number of nitrogens with one attached hydrogen (secondary N) is 1. The van der Waals surface area contributed by atoms with E-state index in [4.69, 9.17) is 0 Å². The fourth-order valence-corrected chi connectivity index (χ4v) is 3.66. The van der Waals surface area contributed by atoms with Gasteiger partial charge in [0.1, 0.15) is 27.3 Å². The summed E-state index contributed by atoms with van der Waals surface area (Å²) in [5, 5.41) is 16.9. The zero-order valence-electron chi connectivity index (χ0n) is 15.1. The highest BCUT2D eigenvalue weighted by molar-refractivity contribution is 7.17. The van der Waals surface area contributed by atoms with Crippen LogP contribution < -0.4 is 5.32 Å². The number of carbonyl (C=O) groups excluding carboxylic acids is 1. The minimum atomic E-state index is -0.414. The quantitative estimate of drug-likeness (QED) is 0.555. The summed E-state index contributed by atoms with van der Waals surface area (Å²) in [6.45, 7) is 1.72. The number of aryl methyl sites for hydroxylation is 1. The molecule has 3 heterocycles. The molecule has 0 saturated carbocycles. The predicted octanol–water partition coefficient (Wildman–Crippen LogP) is 3.96. The molecule has 0 bridgehead atoms. The summed E-state index contributed by atoms with van der Waals surface area (Å²) >= 11 is 1.19. The first-order chi connectivity index (χ1) is 14.1. The third kappa shape index (κ3) is 3.61. The van der Waals surface area contributed by atoms with E-state index in [0.717, 1.165) is 5.56 Å². The molecule has 0 atom stereocenters. The number of benzene rings is 1. The molecule has 0 fully saturated rings. The van der Waals surface area contributed by atoms with Crippen LogP contribution in [0.2, 0.25) is 0 Å². The molecule has 29 heavy (non-hydrogen) atoms. The molecule has 3 aromatic heterocycles. The van der Waals surface area contributed by atoms with Gasteiger partial charge in [-0.15, -0.1) is 11.3 Å². The van der Waals surface area contributed by atoms with Crippen LogP contribution in [0, 0.1) is 24.1 Å². The number of rotatable bonds is 4. The van der Waals surface area contributed by atoms with Crippen molar-refractivity contribution in [2.45, 2.75) is 6.92 Å². The molecule has 0 saturated heterocycles. The van der Waals surface area contributed by atoms with Crippen molar-refractivity contribution in [2.24, 2.45) is 0 Å². The minimum Gasteiger partial charge on any atom is -0.305 e. The van der Waals surface area contributed by atoms with E-state index >= 15 is 0 Å². The van der Waals surface area contributed by atoms with Crippen LogP contribution in [0.5, 0.6) is 0 Å². The van der Waals surface area contributed by atoms with Crippen LogP contribution in [0.25, 0.3) is 16.4 Å². The number of nitrogens with zero attached hydrogens (tertiary/aromatic N) is 5. The zero-order valence-corrected chi connectivity index (χ0v) is 15.9. The Kier molecular flexibility index (Phi) is 4.85. The molecule has 0 aliphatic carbocycles. The van der Waals surface area contributed by atoms with E-state index < -0.39 is 5.91 Å². The Labute approximate surface area is 169 Å². The molecular weight excluding hydrogens is 391 g/mol. The number of pyridine rings is 1. The summed E-state index contributed by atoms with van der Waals surface area (Å²) < 4.78 is 14.6. The molecule has 142 valence electrons. The molecule has 0 aliphatic rings. The standard InChI is InChI=1S/C20H13FN6OS/c1-12-17(29-20(25-12)13-5-7-15(21)8-6-13)19(28)26-18-14(10-22)11-24-27(18)16-4-2-3-9-23-16/h2-9,11H,1H3,(H,26,28). The van der Waals surface area contributed by atoms with Gasteiger partial charge in [0, 0.05) is 11.8 Å². The Balaban J connectivity index is 1.67. The third-order valence-corrected chi connectivity index (χ3v) is 5.29. The van der Waals surface area contributed by atoms with E-state index in [9.17, 15) is 14.4 Å².